The van der Waals surface area contributed by atoms with E-state index in [0.717, 1.165) is 35.0 Å². The summed E-state index contributed by atoms with van der Waals surface area (Å²) in [5, 5.41) is 2.89. The van der Waals surface area contributed by atoms with Gasteiger partial charge in [0.05, 0.1) is 0 Å². The Morgan fingerprint density at radius 1 is 1.35 bits per heavy atom. The van der Waals surface area contributed by atoms with Crippen molar-refractivity contribution in [1.29, 1.82) is 0 Å². The van der Waals surface area contributed by atoms with E-state index in [2.05, 4.69) is 21.2 Å². The lowest BCUT2D eigenvalue weighted by Gasteiger charge is -2.06. The molecule has 0 aliphatic carbocycles. The average Bonchev–Trinajstić information content (AvgIpc) is 2.30. The van der Waals surface area contributed by atoms with Crippen LogP contribution in [0.2, 0.25) is 0 Å². The largest absolute Gasteiger partial charge is 0.330 e. The zero-order valence-electron chi connectivity index (χ0n) is 10.1. The lowest BCUT2D eigenvalue weighted by Crippen LogP contribution is -2.11. The second kappa shape index (κ2) is 7.45. The Morgan fingerprint density at radius 3 is 2.76 bits per heavy atom. The summed E-state index contributed by atoms with van der Waals surface area (Å²) >= 11 is 3.44. The molecule has 3 nitrogen and oxygen atoms in total. The number of benzene rings is 1. The van der Waals surface area contributed by atoms with Crippen LogP contribution in [0.25, 0.3) is 0 Å². The monoisotopic (exact) mass is 298 g/mol. The summed E-state index contributed by atoms with van der Waals surface area (Å²) in [6, 6.07) is 5.82. The Labute approximate surface area is 111 Å². The zero-order chi connectivity index (χ0) is 12.7. The lowest BCUT2D eigenvalue weighted by molar-refractivity contribution is -0.116. The molecule has 0 heterocycles. The van der Waals surface area contributed by atoms with Crippen molar-refractivity contribution in [2.24, 2.45) is 5.73 Å². The van der Waals surface area contributed by atoms with Gasteiger partial charge in [-0.15, -0.1) is 0 Å². The molecule has 0 atom stereocenters. The molecule has 17 heavy (non-hydrogen) atoms. The molecule has 1 amide bonds. The number of rotatable bonds is 6. The van der Waals surface area contributed by atoms with Gasteiger partial charge < -0.3 is 11.1 Å². The van der Waals surface area contributed by atoms with Gasteiger partial charge in [-0.05, 0) is 44.0 Å². The number of carbonyl (C=O) groups excluding carboxylic acids is 1. The Bertz CT molecular complexity index is 380. The van der Waals surface area contributed by atoms with Crippen LogP contribution in [0.5, 0.6) is 0 Å². The molecule has 1 aromatic carbocycles. The summed E-state index contributed by atoms with van der Waals surface area (Å²) < 4.78 is 1.01. The molecule has 0 saturated carbocycles. The maximum atomic E-state index is 11.6. The van der Waals surface area contributed by atoms with Crippen LogP contribution in [0.1, 0.15) is 31.2 Å². The number of nitrogens with one attached hydrogen (secondary N) is 1. The molecule has 3 N–H and O–H groups in total. The summed E-state index contributed by atoms with van der Waals surface area (Å²) in [5.41, 5.74) is 7.39. The fourth-order valence-electron chi connectivity index (χ4n) is 1.50. The first-order valence-corrected chi connectivity index (χ1v) is 6.69. The first kappa shape index (κ1) is 14.2. The first-order valence-electron chi connectivity index (χ1n) is 5.89. The number of hydrogen-bond acceptors (Lipinski definition) is 2. The maximum absolute atomic E-state index is 11.6. The van der Waals surface area contributed by atoms with E-state index >= 15 is 0 Å². The quantitative estimate of drug-likeness (QED) is 0.792. The molecule has 94 valence electrons. The number of carbonyl (C=O) groups is 1. The van der Waals surface area contributed by atoms with Crippen molar-refractivity contribution in [2.75, 3.05) is 11.9 Å². The van der Waals surface area contributed by atoms with E-state index in [9.17, 15) is 4.79 Å². The Kier molecular flexibility index (Phi) is 6.22. The third-order valence-electron chi connectivity index (χ3n) is 2.56. The summed E-state index contributed by atoms with van der Waals surface area (Å²) in [4.78, 5) is 11.6. The highest BCUT2D eigenvalue weighted by atomic mass is 79.9. The van der Waals surface area contributed by atoms with E-state index < -0.39 is 0 Å². The van der Waals surface area contributed by atoms with Crippen LogP contribution in [0.4, 0.5) is 5.69 Å². The fourth-order valence-corrected chi connectivity index (χ4v) is 1.88. The van der Waals surface area contributed by atoms with Crippen LogP contribution in [-0.2, 0) is 4.79 Å². The molecule has 1 rings (SSSR count). The molecular weight excluding hydrogens is 280 g/mol. The number of aryl methyl sites for hydroxylation is 1. The van der Waals surface area contributed by atoms with Crippen LogP contribution >= 0.6 is 15.9 Å². The van der Waals surface area contributed by atoms with Crippen molar-refractivity contribution in [3.63, 3.8) is 0 Å². The van der Waals surface area contributed by atoms with Crippen molar-refractivity contribution < 1.29 is 4.79 Å². The van der Waals surface area contributed by atoms with Gasteiger partial charge in [0.1, 0.15) is 0 Å². The van der Waals surface area contributed by atoms with E-state index in [4.69, 9.17) is 5.73 Å². The van der Waals surface area contributed by atoms with Crippen LogP contribution in [0, 0.1) is 6.92 Å². The zero-order valence-corrected chi connectivity index (χ0v) is 11.7. The van der Waals surface area contributed by atoms with Gasteiger partial charge in [0.2, 0.25) is 5.91 Å². The van der Waals surface area contributed by atoms with Crippen LogP contribution < -0.4 is 11.1 Å². The minimum absolute atomic E-state index is 0.0674. The molecule has 0 bridgehead atoms. The first-order chi connectivity index (χ1) is 8.13. The molecule has 0 radical (unpaired) electrons. The smallest absolute Gasteiger partial charge is 0.224 e. The van der Waals surface area contributed by atoms with Crippen LogP contribution in [0.3, 0.4) is 0 Å². The Hall–Kier alpha value is -0.870. The predicted octanol–water partition coefficient (Wildman–Crippen LogP) is 3.22. The molecule has 0 unspecified atom stereocenters. The molecule has 0 aliphatic rings. The molecule has 4 heteroatoms. The average molecular weight is 299 g/mol. The van der Waals surface area contributed by atoms with Gasteiger partial charge in [-0.25, -0.2) is 0 Å². The Balaban J connectivity index is 2.37. The number of amides is 1. The number of halogens is 1. The van der Waals surface area contributed by atoms with E-state index in [0.29, 0.717) is 13.0 Å². The third kappa shape index (κ3) is 5.33. The molecule has 0 aromatic heterocycles. The highest BCUT2D eigenvalue weighted by Gasteiger charge is 2.03. The van der Waals surface area contributed by atoms with Gasteiger partial charge >= 0.3 is 0 Å². The van der Waals surface area contributed by atoms with Gasteiger partial charge in [-0.2, -0.15) is 0 Å². The fraction of sp³-hybridized carbons (Fsp3) is 0.462. The number of unbranched alkanes of at least 4 members (excludes halogenated alkanes) is 2. The summed E-state index contributed by atoms with van der Waals surface area (Å²) in [5.74, 6) is 0.0674. The minimum atomic E-state index is 0.0674. The van der Waals surface area contributed by atoms with Gasteiger partial charge in [-0.1, -0.05) is 28.4 Å². The number of nitrogens with two attached hydrogens (primary N) is 1. The second-order valence-corrected chi connectivity index (χ2v) is 4.97. The highest BCUT2D eigenvalue weighted by Crippen LogP contribution is 2.20. The molecule has 0 saturated heterocycles. The van der Waals surface area contributed by atoms with Crippen molar-refractivity contribution in [3.8, 4) is 0 Å². The lowest BCUT2D eigenvalue weighted by atomic mass is 10.2. The highest BCUT2D eigenvalue weighted by molar-refractivity contribution is 9.10. The van der Waals surface area contributed by atoms with Crippen LogP contribution in [-0.4, -0.2) is 12.5 Å². The van der Waals surface area contributed by atoms with Gasteiger partial charge in [0.25, 0.3) is 0 Å². The second-order valence-electron chi connectivity index (χ2n) is 4.11. The van der Waals surface area contributed by atoms with E-state index in [1.165, 1.54) is 0 Å². The molecule has 0 spiro atoms. The predicted molar refractivity (Wildman–Crippen MR) is 75.0 cm³/mol. The van der Waals surface area contributed by atoms with Crippen molar-refractivity contribution in [1.82, 2.24) is 0 Å². The third-order valence-corrected chi connectivity index (χ3v) is 3.42. The summed E-state index contributed by atoms with van der Waals surface area (Å²) in [6.07, 6.45) is 3.46. The number of anilines is 1. The van der Waals surface area contributed by atoms with Crippen molar-refractivity contribution >= 4 is 27.5 Å². The Morgan fingerprint density at radius 2 is 2.12 bits per heavy atom. The van der Waals surface area contributed by atoms with Gasteiger partial charge in [0.15, 0.2) is 0 Å². The topological polar surface area (TPSA) is 55.1 Å². The molecule has 0 fully saturated rings. The molecular formula is C13H19BrN2O. The minimum Gasteiger partial charge on any atom is -0.330 e. The molecule has 1 aromatic rings. The van der Waals surface area contributed by atoms with E-state index in [1.54, 1.807) is 0 Å². The van der Waals surface area contributed by atoms with E-state index in [-0.39, 0.29) is 5.91 Å². The summed E-state index contributed by atoms with van der Waals surface area (Å²) in [7, 11) is 0. The number of hydrogen-bond donors (Lipinski definition) is 2. The summed E-state index contributed by atoms with van der Waals surface area (Å²) in [6.45, 7) is 2.72. The molecule has 0 aliphatic heterocycles. The van der Waals surface area contributed by atoms with E-state index in [1.807, 2.05) is 25.1 Å². The van der Waals surface area contributed by atoms with Crippen molar-refractivity contribution in [2.45, 2.75) is 32.6 Å². The van der Waals surface area contributed by atoms with Gasteiger partial charge in [-0.3, -0.25) is 4.79 Å². The SMILES string of the molecule is Cc1ccc(NC(=O)CCCCCN)cc1Br. The van der Waals surface area contributed by atoms with Crippen LogP contribution in [0.15, 0.2) is 22.7 Å². The standard InChI is InChI=1S/C13H19BrN2O/c1-10-6-7-11(9-12(10)14)16-13(17)5-3-2-4-8-15/h6-7,9H,2-5,8,15H2,1H3,(H,16,17). The normalized spacial score (nSPS) is 10.3. The maximum Gasteiger partial charge on any atom is 0.224 e. The van der Waals surface area contributed by atoms with Crippen molar-refractivity contribution in [3.05, 3.63) is 28.2 Å². The van der Waals surface area contributed by atoms with Gasteiger partial charge in [0, 0.05) is 16.6 Å².